The average molecular weight is 417 g/mol. The number of fused-ring (bicyclic) bond motifs is 1. The van der Waals surface area contributed by atoms with Crippen LogP contribution in [-0.4, -0.2) is 24.2 Å². The van der Waals surface area contributed by atoms with Crippen molar-refractivity contribution < 1.29 is 35.8 Å². The Morgan fingerprint density at radius 3 is 1.83 bits per heavy atom. The predicted octanol–water partition coefficient (Wildman–Crippen LogP) is 5.43. The first-order valence-corrected chi connectivity index (χ1v) is 7.96. The van der Waals surface area contributed by atoms with Gasteiger partial charge in [0, 0.05) is 17.1 Å². The lowest BCUT2D eigenvalue weighted by atomic mass is 10.1. The van der Waals surface area contributed by atoms with Crippen molar-refractivity contribution >= 4 is 22.4 Å². The number of halogens is 6. The van der Waals surface area contributed by atoms with E-state index in [1.165, 1.54) is 26.4 Å². The highest BCUT2D eigenvalue weighted by Gasteiger charge is 2.37. The first-order chi connectivity index (χ1) is 13.5. The molecule has 0 aliphatic rings. The van der Waals surface area contributed by atoms with Gasteiger partial charge < -0.3 is 14.8 Å². The molecule has 0 radical (unpaired) electrons. The van der Waals surface area contributed by atoms with E-state index >= 15 is 0 Å². The van der Waals surface area contributed by atoms with Crippen LogP contribution in [0.15, 0.2) is 36.7 Å². The summed E-state index contributed by atoms with van der Waals surface area (Å²) < 4.78 is 88.7. The number of aromatic nitrogens is 2. The van der Waals surface area contributed by atoms with Crippen LogP contribution in [0.2, 0.25) is 0 Å². The summed E-state index contributed by atoms with van der Waals surface area (Å²) in [5.41, 5.74) is -2.95. The van der Waals surface area contributed by atoms with Gasteiger partial charge in [-0.15, -0.1) is 0 Å². The minimum Gasteiger partial charge on any atom is -0.493 e. The van der Waals surface area contributed by atoms with Crippen molar-refractivity contribution in [2.45, 2.75) is 12.4 Å². The Morgan fingerprint density at radius 1 is 0.759 bits per heavy atom. The highest BCUT2D eigenvalue weighted by molar-refractivity contribution is 5.93. The van der Waals surface area contributed by atoms with Gasteiger partial charge in [-0.05, 0) is 24.3 Å². The standard InChI is InChI=1S/C18H13F6N3O2/c1-28-14-6-12-13(7-15(14)29-2)25-8-26-16(12)27-11-4-9(17(19,20)21)3-10(5-11)18(22,23)24/h3-8H,1-2H3,(H,25,26,27). The Hall–Kier alpha value is -3.24. The third-order valence-corrected chi connectivity index (χ3v) is 3.99. The summed E-state index contributed by atoms with van der Waals surface area (Å²) in [7, 11) is 2.79. The Balaban J connectivity index is 2.13. The van der Waals surface area contributed by atoms with Gasteiger partial charge in [-0.25, -0.2) is 9.97 Å². The second kappa shape index (κ2) is 7.30. The van der Waals surface area contributed by atoms with Crippen LogP contribution in [0, 0.1) is 0 Å². The van der Waals surface area contributed by atoms with E-state index in [-0.39, 0.29) is 17.6 Å². The normalized spacial score (nSPS) is 12.1. The lowest BCUT2D eigenvalue weighted by Crippen LogP contribution is -2.11. The van der Waals surface area contributed by atoms with Gasteiger partial charge in [-0.2, -0.15) is 26.3 Å². The Bertz CT molecular complexity index is 1020. The fourth-order valence-electron chi connectivity index (χ4n) is 2.65. The predicted molar refractivity (Wildman–Crippen MR) is 92.4 cm³/mol. The van der Waals surface area contributed by atoms with Crippen LogP contribution < -0.4 is 14.8 Å². The van der Waals surface area contributed by atoms with E-state index < -0.39 is 29.2 Å². The number of nitrogens with one attached hydrogen (secondary N) is 1. The maximum atomic E-state index is 13.1. The van der Waals surface area contributed by atoms with Crippen LogP contribution in [0.4, 0.5) is 37.8 Å². The number of nitrogens with zero attached hydrogens (tertiary/aromatic N) is 2. The van der Waals surface area contributed by atoms with Gasteiger partial charge in [0.25, 0.3) is 0 Å². The molecule has 0 bridgehead atoms. The van der Waals surface area contributed by atoms with Crippen molar-refractivity contribution in [3.8, 4) is 11.5 Å². The maximum Gasteiger partial charge on any atom is 0.416 e. The van der Waals surface area contributed by atoms with Crippen molar-refractivity contribution in [1.29, 1.82) is 0 Å². The molecule has 0 aliphatic heterocycles. The maximum absolute atomic E-state index is 13.1. The number of anilines is 2. The van der Waals surface area contributed by atoms with E-state index in [1.54, 1.807) is 0 Å². The van der Waals surface area contributed by atoms with E-state index in [0.717, 1.165) is 6.33 Å². The summed E-state index contributed by atoms with van der Waals surface area (Å²) in [5.74, 6) is 0.643. The fraction of sp³-hybridized carbons (Fsp3) is 0.222. The smallest absolute Gasteiger partial charge is 0.416 e. The largest absolute Gasteiger partial charge is 0.493 e. The number of hydrogen-bond donors (Lipinski definition) is 1. The first kappa shape index (κ1) is 20.5. The zero-order valence-electron chi connectivity index (χ0n) is 14.9. The molecule has 0 saturated carbocycles. The molecule has 29 heavy (non-hydrogen) atoms. The van der Waals surface area contributed by atoms with Crippen molar-refractivity contribution in [2.75, 3.05) is 19.5 Å². The summed E-state index contributed by atoms with van der Waals surface area (Å²) in [6, 6.07) is 4.17. The molecule has 5 nitrogen and oxygen atoms in total. The van der Waals surface area contributed by atoms with E-state index in [2.05, 4.69) is 15.3 Å². The van der Waals surface area contributed by atoms with Gasteiger partial charge in [0.1, 0.15) is 12.1 Å². The SMILES string of the molecule is COc1cc2ncnc(Nc3cc(C(F)(F)F)cc(C(F)(F)F)c3)c2cc1OC. The lowest BCUT2D eigenvalue weighted by Gasteiger charge is -2.16. The molecular weight excluding hydrogens is 404 g/mol. The van der Waals surface area contributed by atoms with Crippen LogP contribution in [0.1, 0.15) is 11.1 Å². The van der Waals surface area contributed by atoms with Crippen LogP contribution in [-0.2, 0) is 12.4 Å². The number of ether oxygens (including phenoxy) is 2. The molecule has 2 aromatic carbocycles. The van der Waals surface area contributed by atoms with Crippen molar-refractivity contribution in [1.82, 2.24) is 9.97 Å². The molecule has 0 unspecified atom stereocenters. The average Bonchev–Trinajstić information content (AvgIpc) is 2.65. The number of methoxy groups -OCH3 is 2. The third-order valence-electron chi connectivity index (χ3n) is 3.99. The van der Waals surface area contributed by atoms with Gasteiger partial charge in [0.05, 0.1) is 30.9 Å². The summed E-state index contributed by atoms with van der Waals surface area (Å²) in [5, 5.41) is 2.83. The summed E-state index contributed by atoms with van der Waals surface area (Å²) in [6.07, 6.45) is -8.79. The summed E-state index contributed by atoms with van der Waals surface area (Å²) >= 11 is 0. The zero-order valence-corrected chi connectivity index (χ0v) is 14.9. The summed E-state index contributed by atoms with van der Waals surface area (Å²) in [4.78, 5) is 7.97. The minimum absolute atomic E-state index is 0.00315. The Kier molecular flexibility index (Phi) is 5.16. The molecule has 0 atom stereocenters. The van der Waals surface area contributed by atoms with E-state index in [1.807, 2.05) is 0 Å². The molecule has 1 N–H and O–H groups in total. The number of rotatable bonds is 4. The third kappa shape index (κ3) is 4.28. The van der Waals surface area contributed by atoms with Crippen LogP contribution in [0.5, 0.6) is 11.5 Å². The van der Waals surface area contributed by atoms with Gasteiger partial charge in [0.15, 0.2) is 11.5 Å². The van der Waals surface area contributed by atoms with E-state index in [0.29, 0.717) is 28.8 Å². The topological polar surface area (TPSA) is 56.3 Å². The quantitative estimate of drug-likeness (QED) is 0.574. The van der Waals surface area contributed by atoms with Crippen LogP contribution in [0.3, 0.4) is 0 Å². The lowest BCUT2D eigenvalue weighted by molar-refractivity contribution is -0.143. The number of benzene rings is 2. The molecule has 0 aliphatic carbocycles. The molecule has 154 valence electrons. The van der Waals surface area contributed by atoms with E-state index in [9.17, 15) is 26.3 Å². The van der Waals surface area contributed by atoms with Crippen molar-refractivity contribution in [3.05, 3.63) is 47.8 Å². The van der Waals surface area contributed by atoms with Crippen molar-refractivity contribution in [2.24, 2.45) is 0 Å². The molecule has 0 amide bonds. The highest BCUT2D eigenvalue weighted by Crippen LogP contribution is 2.39. The monoisotopic (exact) mass is 417 g/mol. The van der Waals surface area contributed by atoms with Gasteiger partial charge in [-0.3, -0.25) is 0 Å². The second-order valence-corrected chi connectivity index (χ2v) is 5.87. The molecule has 0 spiro atoms. The first-order valence-electron chi connectivity index (χ1n) is 7.96. The Morgan fingerprint density at radius 2 is 1.31 bits per heavy atom. The fourth-order valence-corrected chi connectivity index (χ4v) is 2.65. The molecule has 0 fully saturated rings. The van der Waals surface area contributed by atoms with Gasteiger partial charge >= 0.3 is 12.4 Å². The molecule has 1 aromatic heterocycles. The van der Waals surface area contributed by atoms with Crippen LogP contribution >= 0.6 is 0 Å². The van der Waals surface area contributed by atoms with Gasteiger partial charge in [0.2, 0.25) is 0 Å². The zero-order chi connectivity index (χ0) is 21.4. The molecule has 0 saturated heterocycles. The van der Waals surface area contributed by atoms with Crippen molar-refractivity contribution in [3.63, 3.8) is 0 Å². The number of hydrogen-bond acceptors (Lipinski definition) is 5. The summed E-state index contributed by atoms with van der Waals surface area (Å²) in [6.45, 7) is 0. The molecule has 1 heterocycles. The number of alkyl halides is 6. The van der Waals surface area contributed by atoms with E-state index in [4.69, 9.17) is 9.47 Å². The molecule has 3 rings (SSSR count). The van der Waals surface area contributed by atoms with Crippen LogP contribution in [0.25, 0.3) is 10.9 Å². The molecule has 11 heteroatoms. The Labute approximate surface area is 160 Å². The van der Waals surface area contributed by atoms with Gasteiger partial charge in [-0.1, -0.05) is 0 Å². The molecule has 3 aromatic rings. The molecular formula is C18H13F6N3O2. The minimum atomic E-state index is -4.96. The second-order valence-electron chi connectivity index (χ2n) is 5.87. The highest BCUT2D eigenvalue weighted by atomic mass is 19.4.